The highest BCUT2D eigenvalue weighted by molar-refractivity contribution is 5.75. The van der Waals surface area contributed by atoms with Gasteiger partial charge in [-0.3, -0.25) is 0 Å². The standard InChI is InChI=1S/C17H25N3/c1-3-20-16-10-5-4-9-15(16)19-17(20)11-13-7-6-8-14(13)12-18-2/h4-5,9-10,13-14,18H,3,6-8,11-12H2,1-2H3. The molecule has 0 radical (unpaired) electrons. The summed E-state index contributed by atoms with van der Waals surface area (Å²) in [4.78, 5) is 4.88. The highest BCUT2D eigenvalue weighted by Gasteiger charge is 2.28. The van der Waals surface area contributed by atoms with Gasteiger partial charge < -0.3 is 9.88 Å². The molecule has 2 unspecified atom stereocenters. The molecule has 3 rings (SSSR count). The smallest absolute Gasteiger partial charge is 0.110 e. The molecule has 0 bridgehead atoms. The fraction of sp³-hybridized carbons (Fsp3) is 0.588. The second-order valence-corrected chi connectivity index (χ2v) is 5.97. The van der Waals surface area contributed by atoms with Crippen LogP contribution in [0.1, 0.15) is 32.0 Å². The van der Waals surface area contributed by atoms with Gasteiger partial charge >= 0.3 is 0 Å². The van der Waals surface area contributed by atoms with Gasteiger partial charge in [-0.05, 0) is 57.3 Å². The highest BCUT2D eigenvalue weighted by atomic mass is 15.1. The normalized spacial score (nSPS) is 22.7. The van der Waals surface area contributed by atoms with Crippen molar-refractivity contribution in [2.24, 2.45) is 11.8 Å². The van der Waals surface area contributed by atoms with Crippen LogP contribution in [0.4, 0.5) is 0 Å². The molecule has 1 fully saturated rings. The maximum atomic E-state index is 4.88. The van der Waals surface area contributed by atoms with Crippen LogP contribution >= 0.6 is 0 Å². The molecule has 1 aromatic carbocycles. The molecule has 20 heavy (non-hydrogen) atoms. The van der Waals surface area contributed by atoms with Crippen molar-refractivity contribution < 1.29 is 0 Å². The number of hydrogen-bond donors (Lipinski definition) is 1. The summed E-state index contributed by atoms with van der Waals surface area (Å²) in [6, 6.07) is 8.51. The number of hydrogen-bond acceptors (Lipinski definition) is 2. The van der Waals surface area contributed by atoms with Crippen LogP contribution in [0, 0.1) is 11.8 Å². The molecular formula is C17H25N3. The van der Waals surface area contributed by atoms with E-state index in [1.165, 1.54) is 30.6 Å². The van der Waals surface area contributed by atoms with E-state index in [-0.39, 0.29) is 0 Å². The van der Waals surface area contributed by atoms with Gasteiger partial charge in [-0.1, -0.05) is 18.6 Å². The van der Waals surface area contributed by atoms with Crippen LogP contribution in [0.5, 0.6) is 0 Å². The molecule has 2 aromatic rings. The quantitative estimate of drug-likeness (QED) is 0.905. The Labute approximate surface area is 121 Å². The zero-order valence-corrected chi connectivity index (χ0v) is 12.6. The summed E-state index contributed by atoms with van der Waals surface area (Å²) in [6.07, 6.45) is 5.25. The van der Waals surface area contributed by atoms with Gasteiger partial charge in [0.25, 0.3) is 0 Å². The van der Waals surface area contributed by atoms with E-state index in [0.717, 1.165) is 36.9 Å². The Morgan fingerprint density at radius 1 is 1.25 bits per heavy atom. The lowest BCUT2D eigenvalue weighted by atomic mass is 9.92. The number of para-hydroxylation sites is 2. The molecule has 1 aliphatic rings. The van der Waals surface area contributed by atoms with E-state index in [4.69, 9.17) is 4.98 Å². The molecule has 3 nitrogen and oxygen atoms in total. The van der Waals surface area contributed by atoms with Crippen LogP contribution in [0.3, 0.4) is 0 Å². The minimum Gasteiger partial charge on any atom is -0.328 e. The third kappa shape index (κ3) is 2.47. The first kappa shape index (κ1) is 13.6. The number of imidazole rings is 1. The van der Waals surface area contributed by atoms with Gasteiger partial charge in [-0.25, -0.2) is 4.98 Å². The van der Waals surface area contributed by atoms with E-state index in [1.807, 2.05) is 0 Å². The Hall–Kier alpha value is -1.35. The average Bonchev–Trinajstić information content (AvgIpc) is 3.03. The predicted octanol–water partition coefficient (Wildman–Crippen LogP) is 3.23. The molecule has 1 aromatic heterocycles. The summed E-state index contributed by atoms with van der Waals surface area (Å²) in [5.41, 5.74) is 2.43. The summed E-state index contributed by atoms with van der Waals surface area (Å²) < 4.78 is 2.39. The Morgan fingerprint density at radius 3 is 2.85 bits per heavy atom. The summed E-state index contributed by atoms with van der Waals surface area (Å²) in [5, 5.41) is 3.35. The SMILES string of the molecule is CCn1c(CC2CCCC2CNC)nc2ccccc21. The van der Waals surface area contributed by atoms with Crippen LogP contribution in [0.2, 0.25) is 0 Å². The van der Waals surface area contributed by atoms with Crippen molar-refractivity contribution in [3.63, 3.8) is 0 Å². The topological polar surface area (TPSA) is 29.9 Å². The van der Waals surface area contributed by atoms with Crippen LogP contribution in [-0.2, 0) is 13.0 Å². The van der Waals surface area contributed by atoms with Crippen molar-refractivity contribution in [3.8, 4) is 0 Å². The summed E-state index contributed by atoms with van der Waals surface area (Å²) in [5.74, 6) is 2.90. The van der Waals surface area contributed by atoms with Crippen LogP contribution in [0.15, 0.2) is 24.3 Å². The van der Waals surface area contributed by atoms with Crippen molar-refractivity contribution >= 4 is 11.0 Å². The Kier molecular flexibility index (Phi) is 4.06. The third-order valence-corrected chi connectivity index (χ3v) is 4.78. The van der Waals surface area contributed by atoms with Gasteiger partial charge in [0.1, 0.15) is 5.82 Å². The van der Waals surface area contributed by atoms with Crippen LogP contribution in [-0.4, -0.2) is 23.1 Å². The average molecular weight is 271 g/mol. The molecule has 0 saturated heterocycles. The predicted molar refractivity (Wildman–Crippen MR) is 83.9 cm³/mol. The first-order chi connectivity index (χ1) is 9.83. The number of fused-ring (bicyclic) bond motifs is 1. The van der Waals surface area contributed by atoms with E-state index in [2.05, 4.69) is 48.1 Å². The highest BCUT2D eigenvalue weighted by Crippen LogP contribution is 2.34. The number of aromatic nitrogens is 2. The number of benzene rings is 1. The number of nitrogens with one attached hydrogen (secondary N) is 1. The van der Waals surface area contributed by atoms with E-state index < -0.39 is 0 Å². The first-order valence-corrected chi connectivity index (χ1v) is 7.92. The molecule has 0 aliphatic heterocycles. The third-order valence-electron chi connectivity index (χ3n) is 4.78. The Morgan fingerprint density at radius 2 is 2.05 bits per heavy atom. The fourth-order valence-electron chi connectivity index (χ4n) is 3.78. The van der Waals surface area contributed by atoms with E-state index in [1.54, 1.807) is 0 Å². The van der Waals surface area contributed by atoms with Crippen LogP contribution < -0.4 is 5.32 Å². The van der Waals surface area contributed by atoms with Crippen molar-refractivity contribution in [2.75, 3.05) is 13.6 Å². The largest absolute Gasteiger partial charge is 0.328 e. The lowest BCUT2D eigenvalue weighted by Gasteiger charge is -2.19. The van der Waals surface area contributed by atoms with Crippen molar-refractivity contribution in [2.45, 2.75) is 39.2 Å². The Balaban J connectivity index is 1.86. The van der Waals surface area contributed by atoms with Crippen molar-refractivity contribution in [1.29, 1.82) is 0 Å². The Bertz CT molecular complexity index is 573. The van der Waals surface area contributed by atoms with E-state index in [9.17, 15) is 0 Å². The first-order valence-electron chi connectivity index (χ1n) is 7.92. The zero-order chi connectivity index (χ0) is 13.9. The molecule has 2 atom stereocenters. The van der Waals surface area contributed by atoms with Crippen molar-refractivity contribution in [3.05, 3.63) is 30.1 Å². The summed E-state index contributed by atoms with van der Waals surface area (Å²) in [6.45, 7) is 4.38. The number of rotatable bonds is 5. The number of aryl methyl sites for hydroxylation is 1. The summed E-state index contributed by atoms with van der Waals surface area (Å²) >= 11 is 0. The van der Waals surface area contributed by atoms with Gasteiger partial charge in [0.2, 0.25) is 0 Å². The molecule has 1 saturated carbocycles. The van der Waals surface area contributed by atoms with Gasteiger partial charge in [0.15, 0.2) is 0 Å². The molecule has 0 spiro atoms. The molecule has 1 heterocycles. The molecule has 1 aliphatic carbocycles. The van der Waals surface area contributed by atoms with E-state index >= 15 is 0 Å². The second-order valence-electron chi connectivity index (χ2n) is 5.97. The maximum absolute atomic E-state index is 4.88. The molecule has 1 N–H and O–H groups in total. The molecular weight excluding hydrogens is 246 g/mol. The minimum atomic E-state index is 0.796. The number of nitrogens with zero attached hydrogens (tertiary/aromatic N) is 2. The van der Waals surface area contributed by atoms with Gasteiger partial charge in [0, 0.05) is 13.0 Å². The lowest BCUT2D eigenvalue weighted by molar-refractivity contribution is 0.365. The molecule has 108 valence electrons. The maximum Gasteiger partial charge on any atom is 0.110 e. The molecule has 0 amide bonds. The summed E-state index contributed by atoms with van der Waals surface area (Å²) in [7, 11) is 2.07. The monoisotopic (exact) mass is 271 g/mol. The van der Waals surface area contributed by atoms with Gasteiger partial charge in [0.05, 0.1) is 11.0 Å². The minimum absolute atomic E-state index is 0.796. The van der Waals surface area contributed by atoms with Gasteiger partial charge in [-0.15, -0.1) is 0 Å². The van der Waals surface area contributed by atoms with Crippen LogP contribution in [0.25, 0.3) is 11.0 Å². The van der Waals surface area contributed by atoms with E-state index in [0.29, 0.717) is 0 Å². The lowest BCUT2D eigenvalue weighted by Crippen LogP contribution is -2.24. The van der Waals surface area contributed by atoms with Crippen molar-refractivity contribution in [1.82, 2.24) is 14.9 Å². The van der Waals surface area contributed by atoms with Gasteiger partial charge in [-0.2, -0.15) is 0 Å². The second kappa shape index (κ2) is 5.96. The molecule has 3 heteroatoms. The zero-order valence-electron chi connectivity index (χ0n) is 12.6. The fourth-order valence-corrected chi connectivity index (χ4v) is 3.78.